The summed E-state index contributed by atoms with van der Waals surface area (Å²) in [6.45, 7) is 6.08. The molecule has 98 valence electrons. The summed E-state index contributed by atoms with van der Waals surface area (Å²) in [5.74, 6) is -1.55. The number of carbonyl (C=O) groups excluding carboxylic acids is 1. The molecule has 1 atom stereocenters. The molecule has 4 heteroatoms. The second kappa shape index (κ2) is 6.19. The van der Waals surface area contributed by atoms with Gasteiger partial charge >= 0.3 is 5.97 Å². The quantitative estimate of drug-likeness (QED) is 0.870. The first-order valence-corrected chi connectivity index (χ1v) is 6.05. The first-order valence-electron chi connectivity index (χ1n) is 6.05. The molecule has 4 nitrogen and oxygen atoms in total. The number of rotatable bonds is 5. The number of hydrogen-bond acceptors (Lipinski definition) is 2. The molecule has 1 aromatic rings. The topological polar surface area (TPSA) is 57.6 Å². The SMILES string of the molecule is CCN(CC(C)C(=O)O)C(=O)c1ccccc1C. The fourth-order valence-corrected chi connectivity index (χ4v) is 1.75. The van der Waals surface area contributed by atoms with Crippen molar-refractivity contribution in [1.29, 1.82) is 0 Å². The Morgan fingerprint density at radius 1 is 1.33 bits per heavy atom. The molecule has 0 aliphatic carbocycles. The van der Waals surface area contributed by atoms with E-state index in [0.717, 1.165) is 5.56 Å². The van der Waals surface area contributed by atoms with Gasteiger partial charge < -0.3 is 10.0 Å². The maximum absolute atomic E-state index is 12.3. The van der Waals surface area contributed by atoms with E-state index in [1.165, 1.54) is 0 Å². The number of benzene rings is 1. The predicted molar refractivity (Wildman–Crippen MR) is 69.6 cm³/mol. The van der Waals surface area contributed by atoms with Crippen LogP contribution >= 0.6 is 0 Å². The molecule has 0 heterocycles. The highest BCUT2D eigenvalue weighted by Crippen LogP contribution is 2.12. The lowest BCUT2D eigenvalue weighted by Crippen LogP contribution is -2.37. The minimum absolute atomic E-state index is 0.108. The van der Waals surface area contributed by atoms with Crippen LogP contribution in [0.5, 0.6) is 0 Å². The summed E-state index contributed by atoms with van der Waals surface area (Å²) in [7, 11) is 0. The third-order valence-corrected chi connectivity index (χ3v) is 2.96. The van der Waals surface area contributed by atoms with Crippen LogP contribution in [-0.4, -0.2) is 35.0 Å². The molecule has 0 saturated carbocycles. The van der Waals surface area contributed by atoms with Gasteiger partial charge in [0.15, 0.2) is 0 Å². The molecule has 0 fully saturated rings. The Morgan fingerprint density at radius 2 is 1.94 bits per heavy atom. The number of hydrogen-bond donors (Lipinski definition) is 1. The van der Waals surface area contributed by atoms with E-state index in [1.54, 1.807) is 17.9 Å². The van der Waals surface area contributed by atoms with Crippen molar-refractivity contribution in [3.05, 3.63) is 35.4 Å². The lowest BCUT2D eigenvalue weighted by Gasteiger charge is -2.23. The predicted octanol–water partition coefficient (Wildman–Crippen LogP) is 2.18. The highest BCUT2D eigenvalue weighted by Gasteiger charge is 2.21. The summed E-state index contributed by atoms with van der Waals surface area (Å²) in [5.41, 5.74) is 1.54. The van der Waals surface area contributed by atoms with Crippen molar-refractivity contribution in [2.45, 2.75) is 20.8 Å². The maximum atomic E-state index is 12.3. The molecule has 0 bridgehead atoms. The third kappa shape index (κ3) is 3.32. The molecule has 18 heavy (non-hydrogen) atoms. The van der Waals surface area contributed by atoms with Gasteiger partial charge in [0.05, 0.1) is 5.92 Å². The summed E-state index contributed by atoms with van der Waals surface area (Å²) in [4.78, 5) is 24.7. The van der Waals surface area contributed by atoms with Crippen LogP contribution in [0.25, 0.3) is 0 Å². The number of amides is 1. The van der Waals surface area contributed by atoms with Crippen molar-refractivity contribution < 1.29 is 14.7 Å². The Balaban J connectivity index is 2.86. The Morgan fingerprint density at radius 3 is 2.44 bits per heavy atom. The van der Waals surface area contributed by atoms with Gasteiger partial charge in [-0.15, -0.1) is 0 Å². The molecule has 0 aliphatic rings. The van der Waals surface area contributed by atoms with Gasteiger partial charge in [-0.1, -0.05) is 25.1 Å². The molecule has 1 amide bonds. The van der Waals surface area contributed by atoms with Gasteiger partial charge in [0.2, 0.25) is 0 Å². The average Bonchev–Trinajstić information content (AvgIpc) is 2.35. The van der Waals surface area contributed by atoms with Crippen LogP contribution in [0.2, 0.25) is 0 Å². The van der Waals surface area contributed by atoms with E-state index in [0.29, 0.717) is 12.1 Å². The van der Waals surface area contributed by atoms with Crippen molar-refractivity contribution >= 4 is 11.9 Å². The monoisotopic (exact) mass is 249 g/mol. The molecule has 0 aromatic heterocycles. The van der Waals surface area contributed by atoms with Crippen LogP contribution in [0.15, 0.2) is 24.3 Å². The van der Waals surface area contributed by atoms with Gasteiger partial charge in [-0.2, -0.15) is 0 Å². The zero-order chi connectivity index (χ0) is 13.7. The second-order valence-corrected chi connectivity index (χ2v) is 4.40. The van der Waals surface area contributed by atoms with E-state index in [1.807, 2.05) is 32.0 Å². The molecule has 1 rings (SSSR count). The van der Waals surface area contributed by atoms with E-state index in [9.17, 15) is 9.59 Å². The molecule has 0 aliphatic heterocycles. The minimum atomic E-state index is -0.883. The van der Waals surface area contributed by atoms with E-state index >= 15 is 0 Å². The number of carboxylic acids is 1. The van der Waals surface area contributed by atoms with Crippen molar-refractivity contribution in [3.63, 3.8) is 0 Å². The van der Waals surface area contributed by atoms with E-state index in [2.05, 4.69) is 0 Å². The number of carbonyl (C=O) groups is 2. The minimum Gasteiger partial charge on any atom is -0.481 e. The fraction of sp³-hybridized carbons (Fsp3) is 0.429. The zero-order valence-corrected chi connectivity index (χ0v) is 11.0. The first kappa shape index (κ1) is 14.2. The molecule has 1 aromatic carbocycles. The summed E-state index contributed by atoms with van der Waals surface area (Å²) < 4.78 is 0. The molecular weight excluding hydrogens is 230 g/mol. The van der Waals surface area contributed by atoms with E-state index in [-0.39, 0.29) is 12.5 Å². The summed E-state index contributed by atoms with van der Waals surface area (Å²) in [6, 6.07) is 7.34. The molecular formula is C14H19NO3. The number of carboxylic acid groups (broad SMARTS) is 1. The summed E-state index contributed by atoms with van der Waals surface area (Å²) >= 11 is 0. The van der Waals surface area contributed by atoms with Gasteiger partial charge in [0.1, 0.15) is 0 Å². The second-order valence-electron chi connectivity index (χ2n) is 4.40. The van der Waals surface area contributed by atoms with Crippen LogP contribution in [-0.2, 0) is 4.79 Å². The van der Waals surface area contributed by atoms with Gasteiger partial charge in [-0.25, -0.2) is 0 Å². The normalized spacial score (nSPS) is 11.9. The van der Waals surface area contributed by atoms with Crippen molar-refractivity contribution in [2.24, 2.45) is 5.92 Å². The van der Waals surface area contributed by atoms with E-state index < -0.39 is 11.9 Å². The highest BCUT2D eigenvalue weighted by molar-refractivity contribution is 5.95. The largest absolute Gasteiger partial charge is 0.481 e. The van der Waals surface area contributed by atoms with Crippen molar-refractivity contribution in [3.8, 4) is 0 Å². The maximum Gasteiger partial charge on any atom is 0.308 e. The number of nitrogens with zero attached hydrogens (tertiary/aromatic N) is 1. The van der Waals surface area contributed by atoms with Crippen molar-refractivity contribution in [2.75, 3.05) is 13.1 Å². The van der Waals surface area contributed by atoms with Crippen LogP contribution in [0.4, 0.5) is 0 Å². The Kier molecular flexibility index (Phi) is 4.89. The Bertz CT molecular complexity index is 442. The fourth-order valence-electron chi connectivity index (χ4n) is 1.75. The number of aliphatic carboxylic acids is 1. The molecule has 0 saturated heterocycles. The average molecular weight is 249 g/mol. The lowest BCUT2D eigenvalue weighted by atomic mass is 10.1. The van der Waals surface area contributed by atoms with Crippen LogP contribution in [0.1, 0.15) is 29.8 Å². The molecule has 1 N–H and O–H groups in total. The van der Waals surface area contributed by atoms with Crippen molar-refractivity contribution in [1.82, 2.24) is 4.90 Å². The summed E-state index contributed by atoms with van der Waals surface area (Å²) in [6.07, 6.45) is 0. The summed E-state index contributed by atoms with van der Waals surface area (Å²) in [5, 5.41) is 8.90. The van der Waals surface area contributed by atoms with Gasteiger partial charge in [0.25, 0.3) is 5.91 Å². The van der Waals surface area contributed by atoms with E-state index in [4.69, 9.17) is 5.11 Å². The van der Waals surface area contributed by atoms with Crippen LogP contribution in [0, 0.1) is 12.8 Å². The molecule has 1 unspecified atom stereocenters. The highest BCUT2D eigenvalue weighted by atomic mass is 16.4. The molecule has 0 spiro atoms. The lowest BCUT2D eigenvalue weighted by molar-refractivity contribution is -0.141. The van der Waals surface area contributed by atoms with Gasteiger partial charge in [0, 0.05) is 18.7 Å². The Hall–Kier alpha value is -1.84. The Labute approximate surface area is 107 Å². The number of aryl methyl sites for hydroxylation is 1. The smallest absolute Gasteiger partial charge is 0.308 e. The van der Waals surface area contributed by atoms with Gasteiger partial charge in [-0.3, -0.25) is 9.59 Å². The standard InChI is InChI=1S/C14H19NO3/c1-4-15(9-11(3)14(17)18)13(16)12-8-6-5-7-10(12)2/h5-8,11H,4,9H2,1-3H3,(H,17,18). The third-order valence-electron chi connectivity index (χ3n) is 2.96. The van der Waals surface area contributed by atoms with Crippen LogP contribution < -0.4 is 0 Å². The molecule has 0 radical (unpaired) electrons. The van der Waals surface area contributed by atoms with Crippen LogP contribution in [0.3, 0.4) is 0 Å². The zero-order valence-electron chi connectivity index (χ0n) is 11.0. The first-order chi connectivity index (χ1) is 8.47. The van der Waals surface area contributed by atoms with Gasteiger partial charge in [-0.05, 0) is 25.5 Å².